The summed E-state index contributed by atoms with van der Waals surface area (Å²) in [4.78, 5) is 4.62. The number of aromatic nitrogens is 2. The van der Waals surface area contributed by atoms with Crippen molar-refractivity contribution < 1.29 is 0 Å². The van der Waals surface area contributed by atoms with E-state index >= 15 is 0 Å². The van der Waals surface area contributed by atoms with Gasteiger partial charge in [0, 0.05) is 27.8 Å². The molecule has 0 bridgehead atoms. The van der Waals surface area contributed by atoms with Crippen LogP contribution in [0.5, 0.6) is 0 Å². The Morgan fingerprint density at radius 2 is 2.00 bits per heavy atom. The average Bonchev–Trinajstić information content (AvgIpc) is 2.66. The van der Waals surface area contributed by atoms with E-state index in [1.807, 2.05) is 48.0 Å². The van der Waals surface area contributed by atoms with E-state index in [1.165, 1.54) is 0 Å². The van der Waals surface area contributed by atoms with E-state index in [-0.39, 0.29) is 0 Å². The predicted octanol–water partition coefficient (Wildman–Crippen LogP) is 4.24. The Kier molecular flexibility index (Phi) is 2.99. The molecule has 0 amide bonds. The molecule has 3 aromatic rings. The number of nitrogens with two attached hydrogens (primary N) is 1. The molecule has 0 fully saturated rings. The highest BCUT2D eigenvalue weighted by atomic mass is 79.9. The Morgan fingerprint density at radius 3 is 2.74 bits per heavy atom. The maximum Gasteiger partial charge on any atom is 0.142 e. The van der Waals surface area contributed by atoms with Crippen molar-refractivity contribution in [1.29, 1.82) is 0 Å². The second kappa shape index (κ2) is 4.54. The molecule has 0 unspecified atom stereocenters. The minimum Gasteiger partial charge on any atom is -0.398 e. The second-order valence-electron chi connectivity index (χ2n) is 4.36. The standard InChI is InChI=1S/C14H11BrClN3/c1-19-13-5-3-9(16)7-12(13)18-14(19)10-4-2-8(15)6-11(10)17/h2-7H,17H2,1H3. The molecule has 2 aromatic carbocycles. The monoisotopic (exact) mass is 335 g/mol. The fourth-order valence-electron chi connectivity index (χ4n) is 2.15. The molecule has 96 valence electrons. The lowest BCUT2D eigenvalue weighted by Crippen LogP contribution is -1.96. The van der Waals surface area contributed by atoms with Crippen LogP contribution >= 0.6 is 27.5 Å². The molecule has 19 heavy (non-hydrogen) atoms. The maximum atomic E-state index is 6.06. The van der Waals surface area contributed by atoms with Crippen molar-refractivity contribution in [2.24, 2.45) is 7.05 Å². The number of rotatable bonds is 1. The van der Waals surface area contributed by atoms with Gasteiger partial charge in [0.25, 0.3) is 0 Å². The van der Waals surface area contributed by atoms with Crippen LogP contribution in [0.1, 0.15) is 0 Å². The van der Waals surface area contributed by atoms with E-state index in [9.17, 15) is 0 Å². The van der Waals surface area contributed by atoms with Gasteiger partial charge in [-0.2, -0.15) is 0 Å². The van der Waals surface area contributed by atoms with Crippen molar-refractivity contribution >= 4 is 44.3 Å². The van der Waals surface area contributed by atoms with Gasteiger partial charge in [-0.05, 0) is 36.4 Å². The molecular formula is C14H11BrClN3. The molecule has 0 spiro atoms. The summed E-state index contributed by atoms with van der Waals surface area (Å²) >= 11 is 9.41. The Morgan fingerprint density at radius 1 is 1.21 bits per heavy atom. The minimum atomic E-state index is 0.681. The van der Waals surface area contributed by atoms with Gasteiger partial charge < -0.3 is 10.3 Å². The van der Waals surface area contributed by atoms with Crippen LogP contribution in [0.3, 0.4) is 0 Å². The van der Waals surface area contributed by atoms with E-state index in [0.717, 1.165) is 26.9 Å². The number of aryl methyl sites for hydroxylation is 1. The van der Waals surface area contributed by atoms with E-state index in [4.69, 9.17) is 17.3 Å². The first kappa shape index (κ1) is 12.5. The van der Waals surface area contributed by atoms with Gasteiger partial charge in [0.05, 0.1) is 11.0 Å². The minimum absolute atomic E-state index is 0.681. The van der Waals surface area contributed by atoms with Crippen molar-refractivity contribution in [3.63, 3.8) is 0 Å². The maximum absolute atomic E-state index is 6.06. The van der Waals surface area contributed by atoms with Crippen LogP contribution in [-0.2, 0) is 7.05 Å². The number of anilines is 1. The molecule has 5 heteroatoms. The number of fused-ring (bicyclic) bond motifs is 1. The molecule has 0 aliphatic heterocycles. The lowest BCUT2D eigenvalue weighted by atomic mass is 10.2. The average molecular weight is 337 g/mol. The third kappa shape index (κ3) is 2.11. The Hall–Kier alpha value is -1.52. The second-order valence-corrected chi connectivity index (χ2v) is 5.71. The highest BCUT2D eigenvalue weighted by Gasteiger charge is 2.12. The first-order chi connectivity index (χ1) is 9.06. The SMILES string of the molecule is Cn1c(-c2ccc(Br)cc2N)nc2cc(Cl)ccc21. The normalized spacial score (nSPS) is 11.1. The van der Waals surface area contributed by atoms with Crippen LogP contribution in [0.4, 0.5) is 5.69 Å². The van der Waals surface area contributed by atoms with Gasteiger partial charge in [-0.25, -0.2) is 4.98 Å². The van der Waals surface area contributed by atoms with E-state index in [0.29, 0.717) is 10.7 Å². The lowest BCUT2D eigenvalue weighted by molar-refractivity contribution is 0.960. The number of nitrogens with zero attached hydrogens (tertiary/aromatic N) is 2. The van der Waals surface area contributed by atoms with Crippen LogP contribution in [-0.4, -0.2) is 9.55 Å². The number of nitrogen functional groups attached to an aromatic ring is 1. The number of halogens is 2. The van der Waals surface area contributed by atoms with Crippen molar-refractivity contribution in [3.05, 3.63) is 45.9 Å². The molecule has 0 aliphatic rings. The van der Waals surface area contributed by atoms with Crippen LogP contribution in [0, 0.1) is 0 Å². The van der Waals surface area contributed by atoms with Crippen molar-refractivity contribution in [2.75, 3.05) is 5.73 Å². The van der Waals surface area contributed by atoms with Crippen LogP contribution in [0.25, 0.3) is 22.4 Å². The van der Waals surface area contributed by atoms with Crippen molar-refractivity contribution in [2.45, 2.75) is 0 Å². The van der Waals surface area contributed by atoms with Crippen LogP contribution in [0.15, 0.2) is 40.9 Å². The molecular weight excluding hydrogens is 326 g/mol. The molecule has 0 atom stereocenters. The largest absolute Gasteiger partial charge is 0.398 e. The fourth-order valence-corrected chi connectivity index (χ4v) is 2.70. The smallest absolute Gasteiger partial charge is 0.142 e. The number of benzene rings is 2. The topological polar surface area (TPSA) is 43.8 Å². The number of imidazole rings is 1. The molecule has 2 N–H and O–H groups in total. The van der Waals surface area contributed by atoms with Gasteiger partial charge in [0.2, 0.25) is 0 Å². The zero-order valence-corrected chi connectivity index (χ0v) is 12.5. The molecule has 0 saturated heterocycles. The molecule has 1 aromatic heterocycles. The van der Waals surface area contributed by atoms with Crippen LogP contribution < -0.4 is 5.73 Å². The third-order valence-corrected chi connectivity index (χ3v) is 3.83. The summed E-state index contributed by atoms with van der Waals surface area (Å²) in [5.74, 6) is 0.835. The number of hydrogen-bond acceptors (Lipinski definition) is 2. The van der Waals surface area contributed by atoms with Gasteiger partial charge in [-0.3, -0.25) is 0 Å². The van der Waals surface area contributed by atoms with Crippen molar-refractivity contribution in [3.8, 4) is 11.4 Å². The molecule has 0 radical (unpaired) electrons. The molecule has 1 heterocycles. The first-order valence-electron chi connectivity index (χ1n) is 5.73. The molecule has 3 nitrogen and oxygen atoms in total. The lowest BCUT2D eigenvalue weighted by Gasteiger charge is -2.06. The fraction of sp³-hybridized carbons (Fsp3) is 0.0714. The molecule has 0 saturated carbocycles. The summed E-state index contributed by atoms with van der Waals surface area (Å²) in [5.41, 5.74) is 9.57. The summed E-state index contributed by atoms with van der Waals surface area (Å²) < 4.78 is 2.97. The van der Waals surface area contributed by atoms with Crippen LogP contribution in [0.2, 0.25) is 5.02 Å². The highest BCUT2D eigenvalue weighted by Crippen LogP contribution is 2.30. The summed E-state index contributed by atoms with van der Waals surface area (Å²) in [7, 11) is 1.97. The first-order valence-corrected chi connectivity index (χ1v) is 6.91. The highest BCUT2D eigenvalue weighted by molar-refractivity contribution is 9.10. The zero-order valence-electron chi connectivity index (χ0n) is 10.2. The molecule has 0 aliphatic carbocycles. The zero-order chi connectivity index (χ0) is 13.6. The summed E-state index contributed by atoms with van der Waals surface area (Å²) in [6, 6.07) is 11.5. The van der Waals surface area contributed by atoms with E-state index in [1.54, 1.807) is 0 Å². The van der Waals surface area contributed by atoms with Gasteiger partial charge >= 0.3 is 0 Å². The van der Waals surface area contributed by atoms with Gasteiger partial charge in [-0.1, -0.05) is 27.5 Å². The summed E-state index contributed by atoms with van der Waals surface area (Å²) in [6.07, 6.45) is 0. The quantitative estimate of drug-likeness (QED) is 0.676. The predicted molar refractivity (Wildman–Crippen MR) is 83.3 cm³/mol. The van der Waals surface area contributed by atoms with Gasteiger partial charge in [-0.15, -0.1) is 0 Å². The number of hydrogen-bond donors (Lipinski definition) is 1. The van der Waals surface area contributed by atoms with Crippen molar-refractivity contribution in [1.82, 2.24) is 9.55 Å². The van der Waals surface area contributed by atoms with Gasteiger partial charge in [0.15, 0.2) is 0 Å². The Bertz CT molecular complexity index is 780. The Labute approximate surface area is 124 Å². The third-order valence-electron chi connectivity index (χ3n) is 3.10. The van der Waals surface area contributed by atoms with E-state index < -0.39 is 0 Å². The Balaban J connectivity index is 2.27. The van der Waals surface area contributed by atoms with E-state index in [2.05, 4.69) is 20.9 Å². The van der Waals surface area contributed by atoms with Gasteiger partial charge in [0.1, 0.15) is 5.82 Å². The molecule has 3 rings (SSSR count). The summed E-state index contributed by atoms with van der Waals surface area (Å²) in [6.45, 7) is 0. The summed E-state index contributed by atoms with van der Waals surface area (Å²) in [5, 5.41) is 0.681.